The van der Waals surface area contributed by atoms with Crippen LogP contribution < -0.4 is 10.4 Å². The average Bonchev–Trinajstić information content (AvgIpc) is 3.08. The van der Waals surface area contributed by atoms with Crippen LogP contribution in [0.5, 0.6) is 5.75 Å². The number of hydrogen-bond donors (Lipinski definition) is 1. The van der Waals surface area contributed by atoms with Gasteiger partial charge in [0.2, 0.25) is 5.82 Å². The van der Waals surface area contributed by atoms with Crippen LogP contribution in [0.2, 0.25) is 0 Å². The van der Waals surface area contributed by atoms with Crippen LogP contribution >= 0.6 is 0 Å². The molecular weight excluding hydrogens is 300 g/mol. The minimum atomic E-state index is -0.544. The predicted octanol–water partition coefficient (Wildman–Crippen LogP) is 1.78. The van der Waals surface area contributed by atoms with Gasteiger partial charge in [-0.25, -0.2) is 4.79 Å². The predicted molar refractivity (Wildman–Crippen MR) is 82.3 cm³/mol. The molecule has 0 aliphatic rings. The van der Waals surface area contributed by atoms with E-state index in [1.54, 1.807) is 12.1 Å². The van der Waals surface area contributed by atoms with E-state index in [0.29, 0.717) is 31.2 Å². The Hall–Kier alpha value is -2.74. The molecule has 0 saturated carbocycles. The van der Waals surface area contributed by atoms with Crippen molar-refractivity contribution in [2.24, 2.45) is 0 Å². The first-order chi connectivity index (χ1) is 11.3. The summed E-state index contributed by atoms with van der Waals surface area (Å²) in [6.07, 6.45) is 0.960. The summed E-state index contributed by atoms with van der Waals surface area (Å²) in [6.45, 7) is 3.61. The Kier molecular flexibility index (Phi) is 4.62. The number of aromatic nitrogens is 4. The van der Waals surface area contributed by atoms with Gasteiger partial charge in [-0.2, -0.15) is 5.21 Å². The summed E-state index contributed by atoms with van der Waals surface area (Å²) >= 11 is 0. The van der Waals surface area contributed by atoms with Crippen molar-refractivity contribution >= 4 is 11.0 Å². The summed E-state index contributed by atoms with van der Waals surface area (Å²) in [4.78, 5) is 12.1. The fraction of sp³-hybridized carbons (Fsp3) is 0.333. The minimum Gasteiger partial charge on any atom is -0.487 e. The minimum absolute atomic E-state index is 0.194. The second kappa shape index (κ2) is 7.01. The Morgan fingerprint density at radius 2 is 2.17 bits per heavy atom. The summed E-state index contributed by atoms with van der Waals surface area (Å²) in [5.74, 6) is 0.694. The molecule has 1 N–H and O–H groups in total. The lowest BCUT2D eigenvalue weighted by atomic mass is 10.1. The zero-order chi connectivity index (χ0) is 16.1. The van der Waals surface area contributed by atoms with Crippen LogP contribution in [0.25, 0.3) is 22.4 Å². The third kappa shape index (κ3) is 3.37. The van der Waals surface area contributed by atoms with E-state index >= 15 is 0 Å². The number of para-hydroxylation sites is 1. The van der Waals surface area contributed by atoms with Crippen LogP contribution in [0.1, 0.15) is 13.3 Å². The van der Waals surface area contributed by atoms with Gasteiger partial charge in [0.25, 0.3) is 0 Å². The number of fused-ring (bicyclic) bond motifs is 1. The molecular formula is C15H16N4O4. The fourth-order valence-electron chi connectivity index (χ4n) is 2.12. The van der Waals surface area contributed by atoms with Gasteiger partial charge in [0.15, 0.2) is 11.3 Å². The molecule has 23 heavy (non-hydrogen) atoms. The van der Waals surface area contributed by atoms with Gasteiger partial charge in [0.05, 0.1) is 6.61 Å². The third-order valence-electron chi connectivity index (χ3n) is 3.14. The summed E-state index contributed by atoms with van der Waals surface area (Å²) in [5.41, 5.74) is 0.0899. The maximum Gasteiger partial charge on any atom is 0.347 e. The molecule has 0 fully saturated rings. The number of nitrogens with one attached hydrogen (secondary N) is 1. The largest absolute Gasteiger partial charge is 0.487 e. The highest BCUT2D eigenvalue weighted by Gasteiger charge is 2.14. The van der Waals surface area contributed by atoms with E-state index in [-0.39, 0.29) is 11.4 Å². The van der Waals surface area contributed by atoms with Gasteiger partial charge in [0, 0.05) is 12.0 Å². The van der Waals surface area contributed by atoms with Gasteiger partial charge < -0.3 is 13.9 Å². The first-order valence-electron chi connectivity index (χ1n) is 7.31. The normalized spacial score (nSPS) is 11.0. The van der Waals surface area contributed by atoms with Gasteiger partial charge >= 0.3 is 5.63 Å². The molecule has 0 bridgehead atoms. The number of nitrogens with zero attached hydrogens (tertiary/aromatic N) is 3. The standard InChI is InChI=1S/C15H16N4O4/c1-2-6-21-7-8-22-12-5-3-4-10-9-11(14-16-18-19-17-14)15(20)23-13(10)12/h3-5,9H,2,6-8H2,1H3,(H,16,17,18,19). The van der Waals surface area contributed by atoms with Gasteiger partial charge in [0.1, 0.15) is 12.2 Å². The maximum atomic E-state index is 12.1. The lowest BCUT2D eigenvalue weighted by Crippen LogP contribution is -2.08. The Morgan fingerprint density at radius 3 is 2.96 bits per heavy atom. The monoisotopic (exact) mass is 316 g/mol. The highest BCUT2D eigenvalue weighted by molar-refractivity contribution is 5.85. The van der Waals surface area contributed by atoms with E-state index in [9.17, 15) is 4.79 Å². The molecule has 2 aromatic heterocycles. The Morgan fingerprint density at radius 1 is 1.26 bits per heavy atom. The number of ether oxygens (including phenoxy) is 2. The van der Waals surface area contributed by atoms with E-state index in [1.807, 2.05) is 19.1 Å². The summed E-state index contributed by atoms with van der Waals surface area (Å²) in [5, 5.41) is 14.1. The lowest BCUT2D eigenvalue weighted by molar-refractivity contribution is 0.101. The molecule has 2 heterocycles. The van der Waals surface area contributed by atoms with Crippen molar-refractivity contribution in [2.45, 2.75) is 13.3 Å². The zero-order valence-corrected chi connectivity index (χ0v) is 12.6. The van der Waals surface area contributed by atoms with Crippen molar-refractivity contribution in [3.63, 3.8) is 0 Å². The van der Waals surface area contributed by atoms with Gasteiger partial charge in [-0.1, -0.05) is 19.1 Å². The van der Waals surface area contributed by atoms with E-state index in [2.05, 4.69) is 20.6 Å². The molecule has 0 atom stereocenters. The summed E-state index contributed by atoms with van der Waals surface area (Å²) < 4.78 is 16.4. The maximum absolute atomic E-state index is 12.1. The van der Waals surface area contributed by atoms with Crippen LogP contribution in [-0.4, -0.2) is 40.4 Å². The quantitative estimate of drug-likeness (QED) is 0.523. The van der Waals surface area contributed by atoms with Gasteiger partial charge in [-0.05, 0) is 23.8 Å². The molecule has 0 aliphatic carbocycles. The van der Waals surface area contributed by atoms with E-state index < -0.39 is 5.63 Å². The van der Waals surface area contributed by atoms with Crippen molar-refractivity contribution in [3.05, 3.63) is 34.7 Å². The molecule has 8 heteroatoms. The molecule has 0 radical (unpaired) electrons. The first kappa shape index (κ1) is 15.2. The van der Waals surface area contributed by atoms with E-state index in [0.717, 1.165) is 11.8 Å². The first-order valence-corrected chi connectivity index (χ1v) is 7.31. The Bertz CT molecular complexity index is 829. The Balaban J connectivity index is 1.86. The van der Waals surface area contributed by atoms with Crippen molar-refractivity contribution in [3.8, 4) is 17.1 Å². The number of tetrazole rings is 1. The third-order valence-corrected chi connectivity index (χ3v) is 3.14. The van der Waals surface area contributed by atoms with Crippen LogP contribution in [0.4, 0.5) is 0 Å². The van der Waals surface area contributed by atoms with Crippen molar-refractivity contribution in [1.82, 2.24) is 20.6 Å². The SMILES string of the molecule is CCCOCCOc1cccc2cc(-c3nn[nH]n3)c(=O)oc12. The topological polar surface area (TPSA) is 103 Å². The molecule has 120 valence electrons. The number of benzene rings is 1. The second-order valence-corrected chi connectivity index (χ2v) is 4.82. The molecule has 0 unspecified atom stereocenters. The molecule has 0 spiro atoms. The smallest absolute Gasteiger partial charge is 0.347 e. The fourth-order valence-corrected chi connectivity index (χ4v) is 2.12. The number of rotatable bonds is 7. The molecule has 0 aliphatic heterocycles. The van der Waals surface area contributed by atoms with Crippen molar-refractivity contribution in [2.75, 3.05) is 19.8 Å². The summed E-state index contributed by atoms with van der Waals surface area (Å²) in [7, 11) is 0. The second-order valence-electron chi connectivity index (χ2n) is 4.82. The highest BCUT2D eigenvalue weighted by Crippen LogP contribution is 2.26. The average molecular weight is 316 g/mol. The van der Waals surface area contributed by atoms with Gasteiger partial charge in [-0.15, -0.1) is 10.2 Å². The van der Waals surface area contributed by atoms with Crippen LogP contribution in [-0.2, 0) is 4.74 Å². The van der Waals surface area contributed by atoms with E-state index in [1.165, 1.54) is 0 Å². The van der Waals surface area contributed by atoms with E-state index in [4.69, 9.17) is 13.9 Å². The molecule has 3 rings (SSSR count). The van der Waals surface area contributed by atoms with Crippen molar-refractivity contribution < 1.29 is 13.9 Å². The number of H-pyrrole nitrogens is 1. The van der Waals surface area contributed by atoms with Crippen molar-refractivity contribution in [1.29, 1.82) is 0 Å². The number of aromatic amines is 1. The number of hydrogen-bond acceptors (Lipinski definition) is 7. The summed E-state index contributed by atoms with van der Waals surface area (Å²) in [6, 6.07) is 7.05. The van der Waals surface area contributed by atoms with Crippen LogP contribution in [0.3, 0.4) is 0 Å². The molecule has 8 nitrogen and oxygen atoms in total. The molecule has 0 saturated heterocycles. The highest BCUT2D eigenvalue weighted by atomic mass is 16.5. The molecule has 1 aromatic carbocycles. The molecule has 0 amide bonds. The zero-order valence-electron chi connectivity index (χ0n) is 12.6. The molecule has 3 aromatic rings. The Labute approximate surface area is 131 Å². The van der Waals surface area contributed by atoms with Crippen LogP contribution in [0.15, 0.2) is 33.5 Å². The van der Waals surface area contributed by atoms with Crippen LogP contribution in [0, 0.1) is 0 Å². The van der Waals surface area contributed by atoms with Gasteiger partial charge in [-0.3, -0.25) is 0 Å². The lowest BCUT2D eigenvalue weighted by Gasteiger charge is -2.08.